The number of methoxy groups -OCH3 is 2. The molecule has 0 bridgehead atoms. The average Bonchev–Trinajstić information content (AvgIpc) is 2.35. The van der Waals surface area contributed by atoms with Crippen molar-refractivity contribution in [2.45, 2.75) is 13.3 Å². The van der Waals surface area contributed by atoms with Crippen LogP contribution in [0.25, 0.3) is 6.08 Å². The van der Waals surface area contributed by atoms with Crippen LogP contribution in [-0.4, -0.2) is 20.8 Å². The molecule has 0 atom stereocenters. The molecule has 0 aliphatic rings. The molecule has 1 aromatic rings. The molecule has 0 radical (unpaired) electrons. The van der Waals surface area contributed by atoms with E-state index in [4.69, 9.17) is 26.8 Å². The molecule has 2 N–H and O–H groups in total. The minimum absolute atomic E-state index is 0.495. The summed E-state index contributed by atoms with van der Waals surface area (Å²) in [7, 11) is 3.18. The number of halogens is 1. The molecule has 1 rings (SSSR count). The number of nitrogens with two attached hydrogens (primary N) is 1. The van der Waals surface area contributed by atoms with Crippen LogP contribution in [0.15, 0.2) is 12.1 Å². The van der Waals surface area contributed by atoms with Gasteiger partial charge in [-0.2, -0.15) is 0 Å². The molecule has 1 aromatic carbocycles. The molecular weight excluding hydrogens is 238 g/mol. The zero-order chi connectivity index (χ0) is 12.8. The van der Waals surface area contributed by atoms with E-state index in [0.29, 0.717) is 23.1 Å². The molecule has 3 nitrogen and oxygen atoms in total. The summed E-state index contributed by atoms with van der Waals surface area (Å²) < 4.78 is 10.5. The van der Waals surface area contributed by atoms with Crippen LogP contribution >= 0.6 is 11.6 Å². The fourth-order valence-corrected chi connectivity index (χ4v) is 2.12. The molecule has 0 spiro atoms. The van der Waals surface area contributed by atoms with Crippen molar-refractivity contribution in [3.8, 4) is 11.5 Å². The quantitative estimate of drug-likeness (QED) is 0.880. The van der Waals surface area contributed by atoms with Gasteiger partial charge in [0.15, 0.2) is 11.5 Å². The lowest BCUT2D eigenvalue weighted by Crippen LogP contribution is -1.98. The van der Waals surface area contributed by atoms with Crippen LogP contribution in [-0.2, 0) is 6.42 Å². The third-order valence-electron chi connectivity index (χ3n) is 2.53. The Bertz CT molecular complexity index is 416. The Balaban J connectivity index is 3.39. The van der Waals surface area contributed by atoms with Crippen LogP contribution in [0.3, 0.4) is 0 Å². The van der Waals surface area contributed by atoms with E-state index in [1.165, 1.54) is 0 Å². The van der Waals surface area contributed by atoms with Gasteiger partial charge in [0.25, 0.3) is 0 Å². The van der Waals surface area contributed by atoms with Gasteiger partial charge in [0, 0.05) is 6.54 Å². The molecule has 0 aliphatic carbocycles. The van der Waals surface area contributed by atoms with Crippen molar-refractivity contribution in [2.75, 3.05) is 20.8 Å². The van der Waals surface area contributed by atoms with Gasteiger partial charge in [0.05, 0.1) is 19.2 Å². The van der Waals surface area contributed by atoms with Crippen molar-refractivity contribution in [1.29, 1.82) is 0 Å². The molecule has 4 heteroatoms. The van der Waals surface area contributed by atoms with Gasteiger partial charge in [-0.15, -0.1) is 0 Å². The lowest BCUT2D eigenvalue weighted by molar-refractivity contribution is 0.354. The maximum absolute atomic E-state index is 6.31. The number of hydrogen-bond acceptors (Lipinski definition) is 3. The standard InChI is InChI=1S/C13H18ClNO2/c1-4-10-9(6-5-7-15)8-11(16-2)13(17-3)12(10)14/h5-6,8H,4,7,15H2,1-3H3/b6-5+. The second-order valence-corrected chi connectivity index (χ2v) is 3.86. The maximum Gasteiger partial charge on any atom is 0.179 e. The van der Waals surface area contributed by atoms with E-state index in [9.17, 15) is 0 Å². The average molecular weight is 256 g/mol. The zero-order valence-corrected chi connectivity index (χ0v) is 11.2. The third-order valence-corrected chi connectivity index (χ3v) is 2.93. The van der Waals surface area contributed by atoms with Gasteiger partial charge in [-0.05, 0) is 23.6 Å². The van der Waals surface area contributed by atoms with Crippen molar-refractivity contribution in [3.63, 3.8) is 0 Å². The topological polar surface area (TPSA) is 44.5 Å². The molecular formula is C13H18ClNO2. The summed E-state index contributed by atoms with van der Waals surface area (Å²) in [5.74, 6) is 1.21. The fraction of sp³-hybridized carbons (Fsp3) is 0.385. The van der Waals surface area contributed by atoms with E-state index in [-0.39, 0.29) is 0 Å². The summed E-state index contributed by atoms with van der Waals surface area (Å²) in [5.41, 5.74) is 7.51. The number of rotatable bonds is 5. The van der Waals surface area contributed by atoms with Gasteiger partial charge in [-0.1, -0.05) is 30.7 Å². The first kappa shape index (κ1) is 13.9. The monoisotopic (exact) mass is 255 g/mol. The van der Waals surface area contributed by atoms with E-state index in [1.807, 2.05) is 25.1 Å². The number of ether oxygens (including phenoxy) is 2. The molecule has 0 heterocycles. The van der Waals surface area contributed by atoms with Gasteiger partial charge in [-0.3, -0.25) is 0 Å². The highest BCUT2D eigenvalue weighted by molar-refractivity contribution is 6.33. The van der Waals surface area contributed by atoms with Gasteiger partial charge < -0.3 is 15.2 Å². The lowest BCUT2D eigenvalue weighted by Gasteiger charge is -2.15. The van der Waals surface area contributed by atoms with Crippen LogP contribution < -0.4 is 15.2 Å². The largest absolute Gasteiger partial charge is 0.493 e. The Morgan fingerprint density at radius 2 is 2.06 bits per heavy atom. The second kappa shape index (κ2) is 6.52. The van der Waals surface area contributed by atoms with Gasteiger partial charge in [-0.25, -0.2) is 0 Å². The van der Waals surface area contributed by atoms with Crippen molar-refractivity contribution in [3.05, 3.63) is 28.3 Å². The Hall–Kier alpha value is -1.19. The highest BCUT2D eigenvalue weighted by Crippen LogP contribution is 2.40. The molecule has 17 heavy (non-hydrogen) atoms. The van der Waals surface area contributed by atoms with Crippen molar-refractivity contribution in [1.82, 2.24) is 0 Å². The molecule has 0 fully saturated rings. The normalized spacial score (nSPS) is 10.9. The van der Waals surface area contributed by atoms with Gasteiger partial charge in [0.2, 0.25) is 0 Å². The Labute approximate surface area is 107 Å². The molecule has 0 aliphatic heterocycles. The molecule has 0 aromatic heterocycles. The van der Waals surface area contributed by atoms with Crippen LogP contribution in [0.4, 0.5) is 0 Å². The number of hydrogen-bond donors (Lipinski definition) is 1. The Kier molecular flexibility index (Phi) is 5.32. The molecule has 0 amide bonds. The van der Waals surface area contributed by atoms with Crippen LogP contribution in [0.1, 0.15) is 18.1 Å². The van der Waals surface area contributed by atoms with E-state index < -0.39 is 0 Å². The van der Waals surface area contributed by atoms with Crippen molar-refractivity contribution in [2.24, 2.45) is 5.73 Å². The zero-order valence-electron chi connectivity index (χ0n) is 10.4. The molecule has 0 saturated heterocycles. The first-order chi connectivity index (χ1) is 8.19. The lowest BCUT2D eigenvalue weighted by atomic mass is 10.0. The van der Waals surface area contributed by atoms with Gasteiger partial charge >= 0.3 is 0 Å². The van der Waals surface area contributed by atoms with Crippen LogP contribution in [0, 0.1) is 0 Å². The van der Waals surface area contributed by atoms with Gasteiger partial charge in [0.1, 0.15) is 0 Å². The first-order valence-corrected chi connectivity index (χ1v) is 5.87. The Morgan fingerprint density at radius 3 is 2.53 bits per heavy atom. The summed E-state index contributed by atoms with van der Waals surface area (Å²) in [4.78, 5) is 0. The van der Waals surface area contributed by atoms with Crippen LogP contribution in [0.2, 0.25) is 5.02 Å². The van der Waals surface area contributed by atoms with E-state index in [0.717, 1.165) is 17.5 Å². The van der Waals surface area contributed by atoms with E-state index in [2.05, 4.69) is 0 Å². The minimum atomic E-state index is 0.495. The fourth-order valence-electron chi connectivity index (χ4n) is 1.71. The Morgan fingerprint density at radius 1 is 1.35 bits per heavy atom. The predicted octanol–water partition coefficient (Wildman–Crippen LogP) is 2.89. The molecule has 0 unspecified atom stereocenters. The maximum atomic E-state index is 6.31. The molecule has 0 saturated carbocycles. The summed E-state index contributed by atoms with van der Waals surface area (Å²) in [6.45, 7) is 2.54. The summed E-state index contributed by atoms with van der Waals surface area (Å²) >= 11 is 6.31. The van der Waals surface area contributed by atoms with Crippen molar-refractivity contribution >= 4 is 17.7 Å². The minimum Gasteiger partial charge on any atom is -0.493 e. The molecule has 94 valence electrons. The summed E-state index contributed by atoms with van der Waals surface area (Å²) in [5, 5.41) is 0.603. The second-order valence-electron chi connectivity index (χ2n) is 3.49. The predicted molar refractivity (Wildman–Crippen MR) is 72.0 cm³/mol. The SMILES string of the molecule is CCc1c(/C=C/CN)cc(OC)c(OC)c1Cl. The summed E-state index contributed by atoms with van der Waals surface area (Å²) in [6, 6.07) is 1.91. The smallest absolute Gasteiger partial charge is 0.179 e. The first-order valence-electron chi connectivity index (χ1n) is 5.49. The van der Waals surface area contributed by atoms with E-state index in [1.54, 1.807) is 14.2 Å². The highest BCUT2D eigenvalue weighted by Gasteiger charge is 2.15. The van der Waals surface area contributed by atoms with E-state index >= 15 is 0 Å². The highest BCUT2D eigenvalue weighted by atomic mass is 35.5. The third kappa shape index (κ3) is 2.93. The number of benzene rings is 1. The van der Waals surface area contributed by atoms with Crippen LogP contribution in [0.5, 0.6) is 11.5 Å². The summed E-state index contributed by atoms with van der Waals surface area (Å²) in [6.07, 6.45) is 4.66. The van der Waals surface area contributed by atoms with Crippen molar-refractivity contribution < 1.29 is 9.47 Å².